The average Bonchev–Trinajstić information content (AvgIpc) is 2.66. The van der Waals surface area contributed by atoms with Gasteiger partial charge in [0.05, 0.1) is 5.52 Å². The van der Waals surface area contributed by atoms with Gasteiger partial charge in [-0.15, -0.1) is 0 Å². The first kappa shape index (κ1) is 17.8. The maximum atomic E-state index is 12.4. The Kier molecular flexibility index (Phi) is 5.77. The third kappa shape index (κ3) is 4.77. The predicted molar refractivity (Wildman–Crippen MR) is 109 cm³/mol. The molecule has 4 nitrogen and oxygen atoms in total. The maximum Gasteiger partial charge on any atom is 0.204 e. The van der Waals surface area contributed by atoms with Crippen LogP contribution in [0.4, 0.5) is 5.69 Å². The summed E-state index contributed by atoms with van der Waals surface area (Å²) in [6.45, 7) is 1.88. The fourth-order valence-corrected chi connectivity index (χ4v) is 2.60. The van der Waals surface area contributed by atoms with Crippen LogP contribution in [-0.2, 0) is 0 Å². The molecule has 0 unspecified atom stereocenters. The number of hydrogen-bond acceptors (Lipinski definition) is 4. The molecule has 132 valence electrons. The van der Waals surface area contributed by atoms with Gasteiger partial charge in [0, 0.05) is 24.2 Å². The molecule has 0 aliphatic heterocycles. The quantitative estimate of drug-likeness (QED) is 0.517. The number of aromatic nitrogens is 1. The standard InChI is InChI=1S/C22H23N3O/c1-25(2)16-15-23-19-11-7-17(8-12-19)9-14-22(26)21-13-10-18-5-3-4-6-20(18)24-21/h3-14,23H,15-16H2,1-2H3. The summed E-state index contributed by atoms with van der Waals surface area (Å²) in [5.41, 5.74) is 3.35. The minimum Gasteiger partial charge on any atom is -0.384 e. The Bertz CT molecular complexity index is 914. The molecule has 3 rings (SSSR count). The molecule has 0 saturated heterocycles. The van der Waals surface area contributed by atoms with E-state index in [2.05, 4.69) is 29.3 Å². The number of benzene rings is 2. The van der Waals surface area contributed by atoms with Crippen molar-refractivity contribution in [3.8, 4) is 0 Å². The Labute approximate surface area is 154 Å². The lowest BCUT2D eigenvalue weighted by atomic mass is 10.1. The summed E-state index contributed by atoms with van der Waals surface area (Å²) in [5.74, 6) is -0.0936. The molecule has 0 aliphatic rings. The Morgan fingerprint density at radius 2 is 1.81 bits per heavy atom. The lowest BCUT2D eigenvalue weighted by Crippen LogP contribution is -2.20. The highest BCUT2D eigenvalue weighted by Crippen LogP contribution is 2.14. The van der Waals surface area contributed by atoms with Crippen molar-refractivity contribution in [2.24, 2.45) is 0 Å². The van der Waals surface area contributed by atoms with Crippen LogP contribution >= 0.6 is 0 Å². The summed E-state index contributed by atoms with van der Waals surface area (Å²) < 4.78 is 0. The number of nitrogens with zero attached hydrogens (tertiary/aromatic N) is 2. The molecular formula is C22H23N3O. The number of allylic oxidation sites excluding steroid dienone is 1. The number of carbonyl (C=O) groups excluding carboxylic acids is 1. The van der Waals surface area contributed by atoms with Gasteiger partial charge in [-0.25, -0.2) is 4.98 Å². The second-order valence-electron chi connectivity index (χ2n) is 6.44. The number of pyridine rings is 1. The fourth-order valence-electron chi connectivity index (χ4n) is 2.60. The highest BCUT2D eigenvalue weighted by molar-refractivity contribution is 6.06. The van der Waals surface area contributed by atoms with Crippen LogP contribution < -0.4 is 5.32 Å². The molecule has 0 radical (unpaired) electrons. The lowest BCUT2D eigenvalue weighted by molar-refractivity contribution is 0.104. The van der Waals surface area contributed by atoms with Crippen LogP contribution in [0.15, 0.2) is 66.7 Å². The monoisotopic (exact) mass is 345 g/mol. The molecule has 1 N–H and O–H groups in total. The molecule has 0 bridgehead atoms. The van der Waals surface area contributed by atoms with Gasteiger partial charge in [0.1, 0.15) is 5.69 Å². The van der Waals surface area contributed by atoms with Crippen LogP contribution in [0.1, 0.15) is 16.1 Å². The van der Waals surface area contributed by atoms with Gasteiger partial charge in [0.15, 0.2) is 0 Å². The van der Waals surface area contributed by atoms with Crippen LogP contribution in [0.25, 0.3) is 17.0 Å². The molecule has 0 aliphatic carbocycles. The second kappa shape index (κ2) is 8.41. The van der Waals surface area contributed by atoms with Crippen molar-refractivity contribution in [1.82, 2.24) is 9.88 Å². The zero-order valence-corrected chi connectivity index (χ0v) is 15.1. The minimum atomic E-state index is -0.0936. The summed E-state index contributed by atoms with van der Waals surface area (Å²) >= 11 is 0. The van der Waals surface area contributed by atoms with E-state index in [9.17, 15) is 4.79 Å². The zero-order valence-electron chi connectivity index (χ0n) is 15.1. The summed E-state index contributed by atoms with van der Waals surface area (Å²) in [6, 6.07) is 19.5. The van der Waals surface area contributed by atoms with Gasteiger partial charge in [0.25, 0.3) is 0 Å². The first-order valence-electron chi connectivity index (χ1n) is 8.69. The number of ketones is 1. The number of para-hydroxylation sites is 1. The molecule has 0 saturated carbocycles. The van der Waals surface area contributed by atoms with Gasteiger partial charge >= 0.3 is 0 Å². The summed E-state index contributed by atoms with van der Waals surface area (Å²) in [4.78, 5) is 18.9. The number of nitrogens with one attached hydrogen (secondary N) is 1. The van der Waals surface area contributed by atoms with Crippen molar-refractivity contribution in [2.75, 3.05) is 32.5 Å². The van der Waals surface area contributed by atoms with Gasteiger partial charge in [-0.05, 0) is 50.0 Å². The molecule has 0 spiro atoms. The minimum absolute atomic E-state index is 0.0936. The summed E-state index contributed by atoms with van der Waals surface area (Å²) in [5, 5.41) is 4.40. The normalized spacial score (nSPS) is 11.3. The number of rotatable bonds is 7. The van der Waals surface area contributed by atoms with Gasteiger partial charge in [-0.1, -0.05) is 42.5 Å². The predicted octanol–water partition coefficient (Wildman–Crippen LogP) is 4.10. The molecule has 0 atom stereocenters. The largest absolute Gasteiger partial charge is 0.384 e. The Hall–Kier alpha value is -2.98. The average molecular weight is 345 g/mol. The Balaban J connectivity index is 1.63. The fraction of sp³-hybridized carbons (Fsp3) is 0.182. The van der Waals surface area contributed by atoms with Crippen molar-refractivity contribution in [3.63, 3.8) is 0 Å². The molecule has 3 aromatic rings. The highest BCUT2D eigenvalue weighted by Gasteiger charge is 2.04. The third-order valence-electron chi connectivity index (χ3n) is 4.08. The number of carbonyl (C=O) groups is 1. The number of fused-ring (bicyclic) bond motifs is 1. The van der Waals surface area contributed by atoms with Crippen LogP contribution in [0.2, 0.25) is 0 Å². The molecule has 0 fully saturated rings. The van der Waals surface area contributed by atoms with Crippen molar-refractivity contribution >= 4 is 28.4 Å². The van der Waals surface area contributed by atoms with Crippen LogP contribution in [0.5, 0.6) is 0 Å². The van der Waals surface area contributed by atoms with E-state index in [4.69, 9.17) is 0 Å². The first-order valence-corrected chi connectivity index (χ1v) is 8.69. The van der Waals surface area contributed by atoms with E-state index in [1.54, 1.807) is 12.1 Å². The van der Waals surface area contributed by atoms with Crippen molar-refractivity contribution in [1.29, 1.82) is 0 Å². The van der Waals surface area contributed by atoms with Crippen molar-refractivity contribution in [3.05, 3.63) is 78.0 Å². The van der Waals surface area contributed by atoms with E-state index in [0.717, 1.165) is 35.2 Å². The van der Waals surface area contributed by atoms with E-state index in [1.165, 1.54) is 0 Å². The van der Waals surface area contributed by atoms with Gasteiger partial charge in [-0.2, -0.15) is 0 Å². The summed E-state index contributed by atoms with van der Waals surface area (Å²) in [7, 11) is 4.11. The molecule has 4 heteroatoms. The van der Waals surface area contributed by atoms with Crippen LogP contribution in [-0.4, -0.2) is 42.9 Å². The van der Waals surface area contributed by atoms with Crippen LogP contribution in [0, 0.1) is 0 Å². The number of hydrogen-bond donors (Lipinski definition) is 1. The zero-order chi connectivity index (χ0) is 18.4. The molecular weight excluding hydrogens is 322 g/mol. The number of likely N-dealkylation sites (N-methyl/N-ethyl adjacent to an activating group) is 1. The molecule has 1 aromatic heterocycles. The molecule has 0 amide bonds. The Morgan fingerprint density at radius 3 is 2.58 bits per heavy atom. The Morgan fingerprint density at radius 1 is 1.04 bits per heavy atom. The van der Waals surface area contributed by atoms with Gasteiger partial charge in [-0.3, -0.25) is 4.79 Å². The highest BCUT2D eigenvalue weighted by atomic mass is 16.1. The molecule has 2 aromatic carbocycles. The smallest absolute Gasteiger partial charge is 0.204 e. The topological polar surface area (TPSA) is 45.2 Å². The van der Waals surface area contributed by atoms with E-state index in [-0.39, 0.29) is 5.78 Å². The third-order valence-corrected chi connectivity index (χ3v) is 4.08. The maximum absolute atomic E-state index is 12.4. The van der Waals surface area contributed by atoms with E-state index >= 15 is 0 Å². The van der Waals surface area contributed by atoms with E-state index in [1.807, 2.05) is 60.7 Å². The summed E-state index contributed by atoms with van der Waals surface area (Å²) in [6.07, 6.45) is 3.40. The van der Waals surface area contributed by atoms with Crippen LogP contribution in [0.3, 0.4) is 0 Å². The molecule has 26 heavy (non-hydrogen) atoms. The van der Waals surface area contributed by atoms with E-state index in [0.29, 0.717) is 5.69 Å². The van der Waals surface area contributed by atoms with Gasteiger partial charge in [0.2, 0.25) is 5.78 Å². The van der Waals surface area contributed by atoms with Gasteiger partial charge < -0.3 is 10.2 Å². The first-order chi connectivity index (χ1) is 12.6. The number of anilines is 1. The van der Waals surface area contributed by atoms with E-state index < -0.39 is 0 Å². The van der Waals surface area contributed by atoms with Crippen molar-refractivity contribution < 1.29 is 4.79 Å². The molecule has 1 heterocycles. The lowest BCUT2D eigenvalue weighted by Gasteiger charge is -2.11. The van der Waals surface area contributed by atoms with Crippen molar-refractivity contribution in [2.45, 2.75) is 0 Å². The SMILES string of the molecule is CN(C)CCNc1ccc(C=CC(=O)c2ccc3ccccc3n2)cc1. The second-order valence-corrected chi connectivity index (χ2v) is 6.44.